The van der Waals surface area contributed by atoms with Crippen molar-refractivity contribution < 1.29 is 9.47 Å². The second-order valence-electron chi connectivity index (χ2n) is 2.14. The Morgan fingerprint density at radius 3 is 2.18 bits per heavy atom. The fraction of sp³-hybridized carbons (Fsp3) is 1.00. The Morgan fingerprint density at radius 2 is 1.82 bits per heavy atom. The highest BCUT2D eigenvalue weighted by atomic mass is 16.5. The quantitative estimate of drug-likeness (QED) is 0.622. The molecule has 0 heterocycles. The van der Waals surface area contributed by atoms with Crippen molar-refractivity contribution in [2.24, 2.45) is 0 Å². The van der Waals surface area contributed by atoms with Crippen LogP contribution in [0.3, 0.4) is 0 Å². The monoisotopic (exact) mass is 164 g/mol. The first-order valence-corrected chi connectivity index (χ1v) is 3.41. The summed E-state index contributed by atoms with van der Waals surface area (Å²) in [7, 11) is 1.69. The van der Waals surface area contributed by atoms with E-state index in [1.807, 2.05) is 6.92 Å². The van der Waals surface area contributed by atoms with E-state index in [4.69, 9.17) is 9.47 Å². The first kappa shape index (κ1) is 17.1. The molecule has 1 atom stereocenters. The van der Waals surface area contributed by atoms with E-state index in [-0.39, 0.29) is 21.0 Å². The van der Waals surface area contributed by atoms with Crippen molar-refractivity contribution in [3.63, 3.8) is 0 Å². The zero-order valence-electron chi connectivity index (χ0n) is 6.52. The lowest BCUT2D eigenvalue weighted by molar-refractivity contribution is 0.00956. The van der Waals surface area contributed by atoms with Gasteiger partial charge < -0.3 is 9.47 Å². The molecule has 0 aliphatic heterocycles. The van der Waals surface area contributed by atoms with E-state index in [9.17, 15) is 0 Å². The maximum atomic E-state index is 5.31. The third-order valence-electron chi connectivity index (χ3n) is 1.01. The Kier molecular flexibility index (Phi) is 19.6. The molecule has 0 saturated heterocycles. The molecule has 0 spiro atoms. The normalized spacial score (nSPS) is 11.2. The van der Waals surface area contributed by atoms with Gasteiger partial charge in [-0.1, -0.05) is 21.8 Å². The lowest BCUT2D eigenvalue weighted by atomic mass is 10.4. The van der Waals surface area contributed by atoms with Crippen LogP contribution in [0.2, 0.25) is 0 Å². The summed E-state index contributed by atoms with van der Waals surface area (Å²) in [6.45, 7) is 5.64. The van der Waals surface area contributed by atoms with Crippen molar-refractivity contribution in [2.75, 3.05) is 20.3 Å². The van der Waals surface area contributed by atoms with Gasteiger partial charge in [-0.2, -0.15) is 0 Å². The Bertz CT molecular complexity index is 55.5. The molecule has 2 heteroatoms. The molecule has 2 nitrogen and oxygen atoms in total. The lowest BCUT2D eigenvalue weighted by Crippen LogP contribution is -2.14. The summed E-state index contributed by atoms with van der Waals surface area (Å²) >= 11 is 0. The van der Waals surface area contributed by atoms with E-state index in [0.717, 1.165) is 13.0 Å². The van der Waals surface area contributed by atoms with Crippen LogP contribution in [-0.4, -0.2) is 26.4 Å². The van der Waals surface area contributed by atoms with Crippen LogP contribution in [0.1, 0.15) is 35.1 Å². The first-order valence-electron chi connectivity index (χ1n) is 3.41. The number of methoxy groups -OCH3 is 1. The maximum absolute atomic E-state index is 5.31. The van der Waals surface area contributed by atoms with Gasteiger partial charge in [-0.05, 0) is 13.3 Å². The van der Waals surface area contributed by atoms with E-state index < -0.39 is 0 Å². The molecule has 0 rings (SSSR count). The van der Waals surface area contributed by atoms with Gasteiger partial charge >= 0.3 is 0 Å². The summed E-state index contributed by atoms with van der Waals surface area (Å²) in [5, 5.41) is 0. The third-order valence-corrected chi connectivity index (χ3v) is 1.01. The van der Waals surface area contributed by atoms with Crippen LogP contribution in [-0.2, 0) is 9.47 Å². The minimum Gasteiger partial charge on any atom is -0.382 e. The van der Waals surface area contributed by atoms with Gasteiger partial charge in [0.05, 0.1) is 12.7 Å². The minimum atomic E-state index is 0. The predicted octanol–water partition coefficient (Wildman–Crippen LogP) is 2.72. The van der Waals surface area contributed by atoms with Crippen LogP contribution < -0.4 is 0 Å². The third kappa shape index (κ3) is 13.0. The highest BCUT2D eigenvalue weighted by Crippen LogP contribution is 1.91. The van der Waals surface area contributed by atoms with Crippen LogP contribution in [0.15, 0.2) is 0 Å². The van der Waals surface area contributed by atoms with Gasteiger partial charge in [0.1, 0.15) is 0 Å². The Labute approximate surface area is 71.9 Å². The van der Waals surface area contributed by atoms with Gasteiger partial charge in [0.25, 0.3) is 0 Å². The predicted molar refractivity (Wildman–Crippen MR) is 51.0 cm³/mol. The molecule has 72 valence electrons. The summed E-state index contributed by atoms with van der Waals surface area (Å²) < 4.78 is 10.2. The molecule has 0 saturated carbocycles. The minimum absolute atomic E-state index is 0. The molecule has 0 aromatic heterocycles. The van der Waals surface area contributed by atoms with Crippen molar-refractivity contribution in [3.8, 4) is 0 Å². The summed E-state index contributed by atoms with van der Waals surface area (Å²) in [5.74, 6) is 0. The average Bonchev–Trinajstić information content (AvgIpc) is 1.85. The maximum Gasteiger partial charge on any atom is 0.0780 e. The van der Waals surface area contributed by atoms with Crippen LogP contribution in [0.25, 0.3) is 0 Å². The molecule has 11 heavy (non-hydrogen) atoms. The van der Waals surface area contributed by atoms with Crippen LogP contribution in [0.4, 0.5) is 0 Å². The fourth-order valence-corrected chi connectivity index (χ4v) is 0.602. The second-order valence-corrected chi connectivity index (χ2v) is 2.14. The van der Waals surface area contributed by atoms with Gasteiger partial charge in [0.2, 0.25) is 0 Å². The fourth-order valence-electron chi connectivity index (χ4n) is 0.602. The Balaban J connectivity index is -0.000000320. The molecule has 1 unspecified atom stereocenters. The molecule has 0 aromatic rings. The van der Waals surface area contributed by atoms with Crippen LogP contribution in [0, 0.1) is 0 Å². The highest BCUT2D eigenvalue weighted by molar-refractivity contribution is 4.44. The lowest BCUT2D eigenvalue weighted by Gasteiger charge is -2.09. The summed E-state index contributed by atoms with van der Waals surface area (Å²) in [6.07, 6.45) is 1.32. The molecule has 0 radical (unpaired) electrons. The molecule has 0 N–H and O–H groups in total. The van der Waals surface area contributed by atoms with Crippen LogP contribution in [0.5, 0.6) is 0 Å². The number of hydrogen-bond acceptors (Lipinski definition) is 2. The summed E-state index contributed by atoms with van der Waals surface area (Å²) in [5.41, 5.74) is 0. The van der Waals surface area contributed by atoms with Crippen LogP contribution >= 0.6 is 0 Å². The van der Waals surface area contributed by atoms with E-state index >= 15 is 0 Å². The van der Waals surface area contributed by atoms with E-state index in [0.29, 0.717) is 6.61 Å². The number of hydrogen-bond donors (Lipinski definition) is 0. The smallest absolute Gasteiger partial charge is 0.0780 e. The molecule has 0 aliphatic carbocycles. The molecule has 0 amide bonds. The molecule has 0 bridgehead atoms. The molecular weight excluding hydrogens is 140 g/mol. The zero-order chi connectivity index (χ0) is 7.11. The molecule has 0 fully saturated rings. The topological polar surface area (TPSA) is 18.5 Å². The van der Waals surface area contributed by atoms with E-state index in [1.54, 1.807) is 7.11 Å². The average molecular weight is 164 g/mol. The van der Waals surface area contributed by atoms with E-state index in [2.05, 4.69) is 6.92 Å². The largest absolute Gasteiger partial charge is 0.382 e. The Hall–Kier alpha value is -0.0800. The molecular formula is C9H24O2. The van der Waals surface area contributed by atoms with Gasteiger partial charge in [-0.25, -0.2) is 0 Å². The van der Waals surface area contributed by atoms with Gasteiger partial charge in [0.15, 0.2) is 0 Å². The standard InChI is InChI=1S/C7H16O2.2CH4/c1-4-5-9-7(2)6-8-3;;/h7H,4-6H2,1-3H3;2*1H4. The van der Waals surface area contributed by atoms with Crippen molar-refractivity contribution in [1.82, 2.24) is 0 Å². The molecule has 0 aliphatic rings. The van der Waals surface area contributed by atoms with Gasteiger partial charge in [-0.15, -0.1) is 0 Å². The SMILES string of the molecule is C.C.CCCOC(C)COC. The highest BCUT2D eigenvalue weighted by Gasteiger charge is 1.97. The van der Waals surface area contributed by atoms with E-state index in [1.165, 1.54) is 0 Å². The number of ether oxygens (including phenoxy) is 2. The van der Waals surface area contributed by atoms with Crippen molar-refractivity contribution in [2.45, 2.75) is 41.2 Å². The summed E-state index contributed by atoms with van der Waals surface area (Å²) in [4.78, 5) is 0. The first-order chi connectivity index (χ1) is 4.31. The van der Waals surface area contributed by atoms with Crippen molar-refractivity contribution in [1.29, 1.82) is 0 Å². The Morgan fingerprint density at radius 1 is 1.27 bits per heavy atom. The number of rotatable bonds is 5. The second kappa shape index (κ2) is 12.6. The van der Waals surface area contributed by atoms with Crippen molar-refractivity contribution in [3.05, 3.63) is 0 Å². The molecule has 0 aromatic carbocycles. The zero-order valence-corrected chi connectivity index (χ0v) is 6.52. The van der Waals surface area contributed by atoms with Gasteiger partial charge in [-0.3, -0.25) is 0 Å². The van der Waals surface area contributed by atoms with Crippen molar-refractivity contribution >= 4 is 0 Å². The summed E-state index contributed by atoms with van der Waals surface area (Å²) in [6, 6.07) is 0. The van der Waals surface area contributed by atoms with Gasteiger partial charge in [0, 0.05) is 13.7 Å².